The summed E-state index contributed by atoms with van der Waals surface area (Å²) in [5.41, 5.74) is 1.25. The van der Waals surface area contributed by atoms with Gasteiger partial charge in [0.25, 0.3) is 0 Å². The van der Waals surface area contributed by atoms with Crippen LogP contribution in [0.3, 0.4) is 0 Å². The second-order valence-electron chi connectivity index (χ2n) is 5.45. The van der Waals surface area contributed by atoms with Crippen molar-refractivity contribution < 1.29 is 9.84 Å². The Balaban J connectivity index is 1.90. The van der Waals surface area contributed by atoms with Crippen LogP contribution < -0.4 is 0 Å². The molecule has 0 saturated heterocycles. The largest absolute Gasteiger partial charge is 0.508 e. The van der Waals surface area contributed by atoms with E-state index in [1.54, 1.807) is 19.2 Å². The molecule has 1 saturated carbocycles. The van der Waals surface area contributed by atoms with E-state index in [0.717, 1.165) is 19.3 Å². The van der Waals surface area contributed by atoms with E-state index in [1.807, 2.05) is 30.9 Å². The molecule has 106 valence electrons. The summed E-state index contributed by atoms with van der Waals surface area (Å²) >= 11 is 0. The van der Waals surface area contributed by atoms with Crippen LogP contribution >= 0.6 is 0 Å². The zero-order valence-electron chi connectivity index (χ0n) is 11.6. The number of hydrogen-bond donors (Lipinski definition) is 1. The van der Waals surface area contributed by atoms with Crippen LogP contribution in [0.1, 0.15) is 36.8 Å². The highest BCUT2D eigenvalue weighted by atomic mass is 16.5. The molecule has 0 aliphatic heterocycles. The lowest BCUT2D eigenvalue weighted by atomic mass is 9.78. The molecule has 2 aromatic rings. The van der Waals surface area contributed by atoms with Crippen LogP contribution in [0.5, 0.6) is 5.75 Å². The van der Waals surface area contributed by atoms with E-state index in [-0.39, 0.29) is 0 Å². The third-order valence-corrected chi connectivity index (χ3v) is 4.33. The molecule has 3 rings (SSSR count). The van der Waals surface area contributed by atoms with Gasteiger partial charge in [0.1, 0.15) is 5.75 Å². The number of phenols is 1. The topological polar surface area (TPSA) is 47.3 Å². The fourth-order valence-corrected chi connectivity index (χ4v) is 3.23. The molecule has 20 heavy (non-hydrogen) atoms. The predicted molar refractivity (Wildman–Crippen MR) is 76.8 cm³/mol. The van der Waals surface area contributed by atoms with E-state index in [1.165, 1.54) is 5.56 Å². The Morgan fingerprint density at radius 1 is 1.25 bits per heavy atom. The first-order valence-electron chi connectivity index (χ1n) is 7.07. The molecule has 1 aromatic heterocycles. The number of imidazole rings is 1. The molecule has 1 fully saturated rings. The maximum atomic E-state index is 9.46. The highest BCUT2D eigenvalue weighted by Gasteiger charge is 2.32. The molecule has 1 aromatic carbocycles. The normalized spacial score (nSPS) is 26.6. The van der Waals surface area contributed by atoms with Crippen molar-refractivity contribution in [2.24, 2.45) is 0 Å². The van der Waals surface area contributed by atoms with Crippen molar-refractivity contribution in [2.45, 2.75) is 37.3 Å². The van der Waals surface area contributed by atoms with Crippen LogP contribution in [0.2, 0.25) is 0 Å². The summed E-state index contributed by atoms with van der Waals surface area (Å²) in [6.45, 7) is 0. The van der Waals surface area contributed by atoms with E-state index >= 15 is 0 Å². The molecule has 1 aliphatic carbocycles. The van der Waals surface area contributed by atoms with Gasteiger partial charge >= 0.3 is 0 Å². The van der Waals surface area contributed by atoms with Gasteiger partial charge < -0.3 is 14.4 Å². The van der Waals surface area contributed by atoms with E-state index < -0.39 is 0 Å². The first kappa shape index (κ1) is 13.2. The Hall–Kier alpha value is -1.81. The number of rotatable bonds is 3. The van der Waals surface area contributed by atoms with Crippen LogP contribution in [-0.4, -0.2) is 27.9 Å². The SMILES string of the molecule is CO[C@H]1CC[C@H](n2ccnc2)C(c2ccc(O)cc2)C1. The molecular formula is C16H20N2O2. The summed E-state index contributed by atoms with van der Waals surface area (Å²) in [5.74, 6) is 0.704. The van der Waals surface area contributed by atoms with Gasteiger partial charge in [-0.2, -0.15) is 0 Å². The van der Waals surface area contributed by atoms with Gasteiger partial charge in [0, 0.05) is 31.5 Å². The third-order valence-electron chi connectivity index (χ3n) is 4.33. The van der Waals surface area contributed by atoms with Crippen molar-refractivity contribution in [3.8, 4) is 5.75 Å². The molecule has 0 amide bonds. The van der Waals surface area contributed by atoms with E-state index in [9.17, 15) is 5.11 Å². The van der Waals surface area contributed by atoms with Crippen molar-refractivity contribution in [2.75, 3.05) is 7.11 Å². The van der Waals surface area contributed by atoms with E-state index in [4.69, 9.17) is 4.74 Å². The van der Waals surface area contributed by atoms with Gasteiger partial charge in [-0.15, -0.1) is 0 Å². The van der Waals surface area contributed by atoms with Crippen molar-refractivity contribution in [3.05, 3.63) is 48.5 Å². The van der Waals surface area contributed by atoms with Gasteiger partial charge in [-0.05, 0) is 37.0 Å². The fraction of sp³-hybridized carbons (Fsp3) is 0.438. The van der Waals surface area contributed by atoms with Crippen LogP contribution in [0.4, 0.5) is 0 Å². The van der Waals surface area contributed by atoms with Gasteiger partial charge in [0.05, 0.1) is 12.4 Å². The standard InChI is InChI=1S/C16H20N2O2/c1-20-14-6-7-16(18-9-8-17-11-18)15(10-14)12-2-4-13(19)5-3-12/h2-5,8-9,11,14-16,19H,6-7,10H2,1H3/t14-,15?,16-/m0/s1. The lowest BCUT2D eigenvalue weighted by Crippen LogP contribution is -2.29. The number of phenolic OH excluding ortho intramolecular Hbond substituents is 1. The second-order valence-corrected chi connectivity index (χ2v) is 5.45. The highest BCUT2D eigenvalue weighted by Crippen LogP contribution is 2.42. The first-order chi connectivity index (χ1) is 9.78. The molecule has 1 heterocycles. The lowest BCUT2D eigenvalue weighted by Gasteiger charge is -2.36. The average Bonchev–Trinajstić information content (AvgIpc) is 3.01. The van der Waals surface area contributed by atoms with Crippen molar-refractivity contribution in [1.82, 2.24) is 9.55 Å². The Bertz CT molecular complexity index is 536. The molecule has 3 atom stereocenters. The minimum Gasteiger partial charge on any atom is -0.508 e. The molecule has 1 unspecified atom stereocenters. The first-order valence-corrected chi connectivity index (χ1v) is 7.07. The molecule has 4 heteroatoms. The van der Waals surface area contributed by atoms with Gasteiger partial charge in [0.15, 0.2) is 0 Å². The quantitative estimate of drug-likeness (QED) is 0.934. The van der Waals surface area contributed by atoms with Gasteiger partial charge in [0.2, 0.25) is 0 Å². The summed E-state index contributed by atoms with van der Waals surface area (Å²) in [6, 6.07) is 7.96. The molecular weight excluding hydrogens is 252 g/mol. The fourth-order valence-electron chi connectivity index (χ4n) is 3.23. The Labute approximate surface area is 119 Å². The Morgan fingerprint density at radius 3 is 2.70 bits per heavy atom. The summed E-state index contributed by atoms with van der Waals surface area (Å²) in [6.07, 6.45) is 9.24. The van der Waals surface area contributed by atoms with Gasteiger partial charge in [-0.1, -0.05) is 12.1 Å². The molecule has 0 bridgehead atoms. The smallest absolute Gasteiger partial charge is 0.115 e. The summed E-state index contributed by atoms with van der Waals surface area (Å²) in [7, 11) is 1.79. The van der Waals surface area contributed by atoms with E-state index in [2.05, 4.69) is 9.55 Å². The minimum absolute atomic E-state index is 0.312. The summed E-state index contributed by atoms with van der Waals surface area (Å²) in [5, 5.41) is 9.46. The number of aromatic nitrogens is 2. The van der Waals surface area contributed by atoms with Crippen LogP contribution in [0, 0.1) is 0 Å². The van der Waals surface area contributed by atoms with Crippen LogP contribution in [0.15, 0.2) is 43.0 Å². The Morgan fingerprint density at radius 2 is 2.05 bits per heavy atom. The number of hydrogen-bond acceptors (Lipinski definition) is 3. The van der Waals surface area contributed by atoms with Crippen molar-refractivity contribution in [1.29, 1.82) is 0 Å². The molecule has 1 aliphatic rings. The maximum absolute atomic E-state index is 9.46. The summed E-state index contributed by atoms with van der Waals surface area (Å²) < 4.78 is 7.76. The van der Waals surface area contributed by atoms with Crippen LogP contribution in [-0.2, 0) is 4.74 Å². The number of nitrogens with zero attached hydrogens (tertiary/aromatic N) is 2. The maximum Gasteiger partial charge on any atom is 0.115 e. The number of aromatic hydroxyl groups is 1. The molecule has 0 radical (unpaired) electrons. The molecule has 4 nitrogen and oxygen atoms in total. The van der Waals surface area contributed by atoms with E-state index in [0.29, 0.717) is 23.8 Å². The zero-order chi connectivity index (χ0) is 13.9. The summed E-state index contributed by atoms with van der Waals surface area (Å²) in [4.78, 5) is 4.17. The monoisotopic (exact) mass is 272 g/mol. The number of ether oxygens (including phenoxy) is 1. The van der Waals surface area contributed by atoms with Gasteiger partial charge in [-0.3, -0.25) is 0 Å². The van der Waals surface area contributed by atoms with Crippen molar-refractivity contribution in [3.63, 3.8) is 0 Å². The average molecular weight is 272 g/mol. The predicted octanol–water partition coefficient (Wildman–Crippen LogP) is 3.11. The second kappa shape index (κ2) is 5.67. The molecule has 1 N–H and O–H groups in total. The minimum atomic E-state index is 0.312. The van der Waals surface area contributed by atoms with Gasteiger partial charge in [-0.25, -0.2) is 4.98 Å². The van der Waals surface area contributed by atoms with Crippen LogP contribution in [0.25, 0.3) is 0 Å². The number of benzene rings is 1. The number of methoxy groups -OCH3 is 1. The zero-order valence-corrected chi connectivity index (χ0v) is 11.6. The Kier molecular flexibility index (Phi) is 3.74. The molecule has 0 spiro atoms. The third kappa shape index (κ3) is 2.56. The lowest BCUT2D eigenvalue weighted by molar-refractivity contribution is 0.0484. The highest BCUT2D eigenvalue weighted by molar-refractivity contribution is 5.29. The van der Waals surface area contributed by atoms with Crippen molar-refractivity contribution >= 4 is 0 Å².